The Hall–Kier alpha value is -1.86. The van der Waals surface area contributed by atoms with Crippen molar-refractivity contribution in [1.82, 2.24) is 10.6 Å². The molecule has 0 spiro atoms. The van der Waals surface area contributed by atoms with Gasteiger partial charge in [-0.1, -0.05) is 23.7 Å². The predicted molar refractivity (Wildman–Crippen MR) is 105 cm³/mol. The quantitative estimate of drug-likeness (QED) is 0.509. The molecule has 0 aliphatic heterocycles. The number of rotatable bonds is 11. The van der Waals surface area contributed by atoms with Crippen LogP contribution in [0.5, 0.6) is 11.5 Å². The van der Waals surface area contributed by atoms with Gasteiger partial charge in [-0.2, -0.15) is 0 Å². The van der Waals surface area contributed by atoms with Gasteiger partial charge in [0.1, 0.15) is 12.4 Å². The molecule has 1 unspecified atom stereocenters. The van der Waals surface area contributed by atoms with Crippen molar-refractivity contribution >= 4 is 11.6 Å². The molecule has 0 fully saturated rings. The lowest BCUT2D eigenvalue weighted by atomic mass is 10.2. The molecule has 1 atom stereocenters. The summed E-state index contributed by atoms with van der Waals surface area (Å²) in [7, 11) is 1.59. The summed E-state index contributed by atoms with van der Waals surface area (Å²) < 4.78 is 24.3. The zero-order valence-corrected chi connectivity index (χ0v) is 16.4. The third-order valence-corrected chi connectivity index (χ3v) is 4.23. The van der Waals surface area contributed by atoms with Crippen LogP contribution >= 0.6 is 11.6 Å². The zero-order chi connectivity index (χ0) is 19.6. The van der Waals surface area contributed by atoms with Crippen LogP contribution in [0, 0.1) is 5.82 Å². The van der Waals surface area contributed by atoms with Crippen LogP contribution < -0.4 is 20.1 Å². The molecule has 0 amide bonds. The van der Waals surface area contributed by atoms with Crippen molar-refractivity contribution in [2.24, 2.45) is 0 Å². The maximum atomic E-state index is 13.1. The zero-order valence-electron chi connectivity index (χ0n) is 15.6. The molecule has 0 aliphatic rings. The first-order valence-electron chi connectivity index (χ1n) is 8.82. The molecule has 2 rings (SSSR count). The molecule has 0 saturated carbocycles. The van der Waals surface area contributed by atoms with E-state index in [-0.39, 0.29) is 18.5 Å². The summed E-state index contributed by atoms with van der Waals surface area (Å²) >= 11 is 6.03. The summed E-state index contributed by atoms with van der Waals surface area (Å²) in [5, 5.41) is 16.0. The molecule has 0 heterocycles. The van der Waals surface area contributed by atoms with Gasteiger partial charge in [-0.3, -0.25) is 0 Å². The summed E-state index contributed by atoms with van der Waals surface area (Å²) in [5.41, 5.74) is 1.77. The topological polar surface area (TPSA) is 62.8 Å². The lowest BCUT2D eigenvalue weighted by molar-refractivity contribution is 0.191. The smallest absolute Gasteiger partial charge is 0.161 e. The van der Waals surface area contributed by atoms with Gasteiger partial charge in [-0.15, -0.1) is 0 Å². The van der Waals surface area contributed by atoms with E-state index >= 15 is 0 Å². The van der Waals surface area contributed by atoms with E-state index in [0.29, 0.717) is 35.2 Å². The van der Waals surface area contributed by atoms with Crippen LogP contribution in [0.15, 0.2) is 36.4 Å². The maximum Gasteiger partial charge on any atom is 0.161 e. The first-order chi connectivity index (χ1) is 13.0. The number of nitrogens with one attached hydrogen (secondary N) is 2. The van der Waals surface area contributed by atoms with Crippen LogP contribution in [0.3, 0.4) is 0 Å². The van der Waals surface area contributed by atoms with Gasteiger partial charge in [0.2, 0.25) is 0 Å². The average molecular weight is 397 g/mol. The Labute approximate surface area is 164 Å². The number of methoxy groups -OCH3 is 1. The molecule has 2 aromatic carbocycles. The van der Waals surface area contributed by atoms with E-state index in [1.807, 2.05) is 18.2 Å². The molecule has 0 aromatic heterocycles. The van der Waals surface area contributed by atoms with E-state index in [1.165, 1.54) is 12.1 Å². The monoisotopic (exact) mass is 396 g/mol. The Bertz CT molecular complexity index is 728. The first kappa shape index (κ1) is 21.4. The number of ether oxygens (including phenoxy) is 2. The van der Waals surface area contributed by atoms with Crippen molar-refractivity contribution in [2.75, 3.05) is 26.7 Å². The van der Waals surface area contributed by atoms with Crippen molar-refractivity contribution in [3.8, 4) is 11.5 Å². The van der Waals surface area contributed by atoms with Gasteiger partial charge in [0.25, 0.3) is 0 Å². The molecule has 3 N–H and O–H groups in total. The normalized spacial score (nSPS) is 12.0. The summed E-state index contributed by atoms with van der Waals surface area (Å²) in [6, 6.07) is 9.94. The van der Waals surface area contributed by atoms with Crippen molar-refractivity contribution in [2.45, 2.75) is 26.2 Å². The second kappa shape index (κ2) is 11.1. The Morgan fingerprint density at radius 3 is 2.59 bits per heavy atom. The van der Waals surface area contributed by atoms with E-state index in [2.05, 4.69) is 10.6 Å². The Morgan fingerprint density at radius 2 is 1.89 bits per heavy atom. The molecule has 0 radical (unpaired) electrons. The molecule has 27 heavy (non-hydrogen) atoms. The largest absolute Gasteiger partial charge is 0.493 e. The Kier molecular flexibility index (Phi) is 8.81. The molecule has 7 heteroatoms. The van der Waals surface area contributed by atoms with Gasteiger partial charge in [0.15, 0.2) is 11.5 Å². The van der Waals surface area contributed by atoms with Crippen LogP contribution in [-0.4, -0.2) is 38.0 Å². The number of aliphatic hydroxyl groups is 1. The van der Waals surface area contributed by atoms with Crippen LogP contribution in [0.1, 0.15) is 18.1 Å². The summed E-state index contributed by atoms with van der Waals surface area (Å²) in [4.78, 5) is 0. The lowest BCUT2D eigenvalue weighted by Gasteiger charge is -2.13. The van der Waals surface area contributed by atoms with Gasteiger partial charge in [-0.25, -0.2) is 4.39 Å². The third-order valence-electron chi connectivity index (χ3n) is 3.87. The number of hydrogen-bond donors (Lipinski definition) is 3. The fraction of sp³-hybridized carbons (Fsp3) is 0.400. The van der Waals surface area contributed by atoms with Gasteiger partial charge in [0, 0.05) is 31.7 Å². The molecule has 0 aliphatic carbocycles. The highest BCUT2D eigenvalue weighted by atomic mass is 35.5. The summed E-state index contributed by atoms with van der Waals surface area (Å²) in [6.45, 7) is 4.82. The Morgan fingerprint density at radius 1 is 1.11 bits per heavy atom. The van der Waals surface area contributed by atoms with Crippen LogP contribution in [0.25, 0.3) is 0 Å². The van der Waals surface area contributed by atoms with Gasteiger partial charge in [0.05, 0.1) is 18.2 Å². The first-order valence-corrected chi connectivity index (χ1v) is 9.20. The molecule has 2 aromatic rings. The highest BCUT2D eigenvalue weighted by molar-refractivity contribution is 6.31. The predicted octanol–water partition coefficient (Wildman–Crippen LogP) is 3.13. The minimum atomic E-state index is -0.376. The highest BCUT2D eigenvalue weighted by Crippen LogP contribution is 2.29. The lowest BCUT2D eigenvalue weighted by Crippen LogP contribution is -2.31. The summed E-state index contributed by atoms with van der Waals surface area (Å²) in [5.74, 6) is 0.847. The average Bonchev–Trinajstić information content (AvgIpc) is 2.64. The van der Waals surface area contributed by atoms with Crippen LogP contribution in [-0.2, 0) is 13.2 Å². The maximum absolute atomic E-state index is 13.1. The molecular weight excluding hydrogens is 371 g/mol. The van der Waals surface area contributed by atoms with Crippen molar-refractivity contribution < 1.29 is 19.0 Å². The summed E-state index contributed by atoms with van der Waals surface area (Å²) in [6.07, 6.45) is -0.341. The fourth-order valence-electron chi connectivity index (χ4n) is 2.46. The Balaban J connectivity index is 1.86. The van der Waals surface area contributed by atoms with Gasteiger partial charge >= 0.3 is 0 Å². The van der Waals surface area contributed by atoms with E-state index in [0.717, 1.165) is 18.7 Å². The van der Waals surface area contributed by atoms with E-state index in [9.17, 15) is 9.50 Å². The molecule has 0 saturated heterocycles. The second-order valence-corrected chi connectivity index (χ2v) is 6.65. The SMILES string of the molecule is COc1cc(CNCCNCC(C)O)ccc1OCc1ccc(F)cc1Cl. The van der Waals surface area contributed by atoms with E-state index in [4.69, 9.17) is 21.1 Å². The van der Waals surface area contributed by atoms with Crippen molar-refractivity contribution in [3.63, 3.8) is 0 Å². The number of halogens is 2. The fourth-order valence-corrected chi connectivity index (χ4v) is 2.68. The van der Waals surface area contributed by atoms with Gasteiger partial charge in [-0.05, 0) is 36.8 Å². The van der Waals surface area contributed by atoms with E-state index in [1.54, 1.807) is 20.1 Å². The standard InChI is InChI=1S/C20H26ClFN2O3/c1-14(25)11-23-7-8-24-12-15-3-6-19(20(9-15)26-2)27-13-16-4-5-17(22)10-18(16)21/h3-6,9-10,14,23-25H,7-8,11-13H2,1-2H3. The van der Waals surface area contributed by atoms with E-state index < -0.39 is 0 Å². The number of hydrogen-bond acceptors (Lipinski definition) is 5. The second-order valence-electron chi connectivity index (χ2n) is 6.24. The van der Waals surface area contributed by atoms with Gasteiger partial charge < -0.3 is 25.2 Å². The number of aliphatic hydroxyl groups excluding tert-OH is 1. The van der Waals surface area contributed by atoms with Crippen LogP contribution in [0.2, 0.25) is 5.02 Å². The molecule has 5 nitrogen and oxygen atoms in total. The minimum absolute atomic E-state index is 0.224. The molecular formula is C20H26ClFN2O3. The minimum Gasteiger partial charge on any atom is -0.493 e. The third kappa shape index (κ3) is 7.34. The van der Waals surface area contributed by atoms with Crippen LogP contribution in [0.4, 0.5) is 4.39 Å². The van der Waals surface area contributed by atoms with Crippen molar-refractivity contribution in [1.29, 1.82) is 0 Å². The number of benzene rings is 2. The highest BCUT2D eigenvalue weighted by Gasteiger charge is 2.08. The molecule has 148 valence electrons. The molecule has 0 bridgehead atoms. The van der Waals surface area contributed by atoms with Crippen molar-refractivity contribution in [3.05, 3.63) is 58.4 Å².